The SMILES string of the molecule is COc1ccc([C@H]2[C@@H]3CN(Cc4nc(C)c(C)s4)C[C@@H]3CN2C(=O)N(C)C)cc1. The number of carbonyl (C=O) groups is 1. The maximum atomic E-state index is 12.9. The second-order valence-electron chi connectivity index (χ2n) is 8.41. The zero-order valence-corrected chi connectivity index (χ0v) is 18.7. The highest BCUT2D eigenvalue weighted by atomic mass is 32.1. The lowest BCUT2D eigenvalue weighted by molar-refractivity contribution is 0.151. The van der Waals surface area contributed by atoms with Gasteiger partial charge in [-0.05, 0) is 37.5 Å². The predicted molar refractivity (Wildman–Crippen MR) is 115 cm³/mol. The van der Waals surface area contributed by atoms with E-state index in [9.17, 15) is 4.79 Å². The van der Waals surface area contributed by atoms with E-state index < -0.39 is 0 Å². The van der Waals surface area contributed by atoms with Crippen LogP contribution in [-0.2, 0) is 6.54 Å². The van der Waals surface area contributed by atoms with Gasteiger partial charge in [0.1, 0.15) is 10.8 Å². The maximum Gasteiger partial charge on any atom is 0.320 e. The highest BCUT2D eigenvalue weighted by Crippen LogP contribution is 2.46. The molecule has 156 valence electrons. The van der Waals surface area contributed by atoms with Crippen LogP contribution in [0.4, 0.5) is 4.79 Å². The minimum atomic E-state index is 0.0953. The Hall–Kier alpha value is -2.12. The molecule has 4 rings (SSSR count). The van der Waals surface area contributed by atoms with Gasteiger partial charge in [-0.15, -0.1) is 11.3 Å². The van der Waals surface area contributed by atoms with E-state index >= 15 is 0 Å². The summed E-state index contributed by atoms with van der Waals surface area (Å²) in [5.74, 6) is 1.78. The Kier molecular flexibility index (Phi) is 5.53. The molecule has 0 aliphatic carbocycles. The lowest BCUT2D eigenvalue weighted by atomic mass is 9.89. The fraction of sp³-hybridized carbons (Fsp3) is 0.545. The lowest BCUT2D eigenvalue weighted by Gasteiger charge is -2.31. The number of rotatable bonds is 4. The monoisotopic (exact) mass is 414 g/mol. The average Bonchev–Trinajstić information content (AvgIpc) is 3.33. The smallest absolute Gasteiger partial charge is 0.320 e. The zero-order valence-electron chi connectivity index (χ0n) is 17.9. The van der Waals surface area contributed by atoms with E-state index in [0.717, 1.165) is 37.6 Å². The molecule has 0 bridgehead atoms. The minimum Gasteiger partial charge on any atom is -0.497 e. The Morgan fingerprint density at radius 2 is 1.93 bits per heavy atom. The second-order valence-corrected chi connectivity index (χ2v) is 9.70. The van der Waals surface area contributed by atoms with Gasteiger partial charge in [-0.1, -0.05) is 12.1 Å². The Morgan fingerprint density at radius 3 is 2.52 bits per heavy atom. The van der Waals surface area contributed by atoms with E-state index in [-0.39, 0.29) is 12.1 Å². The van der Waals surface area contributed by atoms with E-state index in [1.54, 1.807) is 23.3 Å². The Morgan fingerprint density at radius 1 is 1.21 bits per heavy atom. The van der Waals surface area contributed by atoms with Gasteiger partial charge >= 0.3 is 6.03 Å². The highest BCUT2D eigenvalue weighted by Gasteiger charge is 2.49. The molecule has 2 amide bonds. The first-order valence-electron chi connectivity index (χ1n) is 10.1. The van der Waals surface area contributed by atoms with Crippen LogP contribution >= 0.6 is 11.3 Å². The van der Waals surface area contributed by atoms with Gasteiger partial charge in [0.15, 0.2) is 0 Å². The fourth-order valence-corrected chi connectivity index (χ4v) is 5.72. The third kappa shape index (κ3) is 3.85. The van der Waals surface area contributed by atoms with Crippen molar-refractivity contribution in [3.05, 3.63) is 45.4 Å². The highest BCUT2D eigenvalue weighted by molar-refractivity contribution is 7.11. The number of urea groups is 1. The summed E-state index contributed by atoms with van der Waals surface area (Å²) >= 11 is 1.80. The third-order valence-electron chi connectivity index (χ3n) is 6.26. The molecule has 3 heterocycles. The Bertz CT molecular complexity index is 860. The second kappa shape index (κ2) is 7.95. The summed E-state index contributed by atoms with van der Waals surface area (Å²) in [7, 11) is 5.35. The number of aryl methyl sites for hydroxylation is 2. The normalized spacial score (nSPS) is 24.0. The van der Waals surface area contributed by atoms with Gasteiger partial charge in [0, 0.05) is 44.5 Å². The lowest BCUT2D eigenvalue weighted by Crippen LogP contribution is -2.41. The predicted octanol–water partition coefficient (Wildman–Crippen LogP) is 3.56. The quantitative estimate of drug-likeness (QED) is 0.768. The van der Waals surface area contributed by atoms with E-state index in [4.69, 9.17) is 9.72 Å². The van der Waals surface area contributed by atoms with Gasteiger partial charge in [-0.2, -0.15) is 0 Å². The summed E-state index contributed by atoms with van der Waals surface area (Å²) in [4.78, 5) is 25.2. The van der Waals surface area contributed by atoms with Crippen molar-refractivity contribution in [1.29, 1.82) is 0 Å². The van der Waals surface area contributed by atoms with E-state index in [2.05, 4.69) is 35.8 Å². The molecule has 2 aliphatic heterocycles. The molecule has 2 saturated heterocycles. The number of nitrogens with zero attached hydrogens (tertiary/aromatic N) is 4. The van der Waals surface area contributed by atoms with Crippen LogP contribution < -0.4 is 4.74 Å². The van der Waals surface area contributed by atoms with E-state index in [1.807, 2.05) is 26.2 Å². The van der Waals surface area contributed by atoms with Crippen LogP contribution in [0, 0.1) is 25.7 Å². The van der Waals surface area contributed by atoms with Crippen LogP contribution in [0.15, 0.2) is 24.3 Å². The number of carbonyl (C=O) groups excluding carboxylic acids is 1. The molecule has 0 unspecified atom stereocenters. The topological polar surface area (TPSA) is 48.9 Å². The first-order chi connectivity index (χ1) is 13.9. The van der Waals surface area contributed by atoms with Crippen LogP contribution in [0.3, 0.4) is 0 Å². The molecular formula is C22H30N4O2S. The number of amides is 2. The molecule has 0 saturated carbocycles. The van der Waals surface area contributed by atoms with Gasteiger partial charge < -0.3 is 14.5 Å². The van der Waals surface area contributed by atoms with Crippen molar-refractivity contribution >= 4 is 17.4 Å². The van der Waals surface area contributed by atoms with Crippen molar-refractivity contribution in [3.63, 3.8) is 0 Å². The van der Waals surface area contributed by atoms with Gasteiger partial charge in [0.2, 0.25) is 0 Å². The van der Waals surface area contributed by atoms with Crippen molar-refractivity contribution in [2.24, 2.45) is 11.8 Å². The van der Waals surface area contributed by atoms with Crippen molar-refractivity contribution < 1.29 is 9.53 Å². The van der Waals surface area contributed by atoms with Crippen LogP contribution in [0.25, 0.3) is 0 Å². The number of benzene rings is 1. The Labute approximate surface area is 177 Å². The van der Waals surface area contributed by atoms with Gasteiger partial charge in [0.25, 0.3) is 0 Å². The molecule has 1 aromatic carbocycles. The fourth-order valence-electron chi connectivity index (χ4n) is 4.75. The molecule has 2 fully saturated rings. The van der Waals surface area contributed by atoms with Crippen molar-refractivity contribution in [1.82, 2.24) is 19.7 Å². The van der Waals surface area contributed by atoms with Crippen LogP contribution in [-0.4, -0.2) is 66.6 Å². The summed E-state index contributed by atoms with van der Waals surface area (Å²) in [5, 5.41) is 1.20. The number of hydrogen-bond donors (Lipinski definition) is 0. The molecule has 7 heteroatoms. The summed E-state index contributed by atoms with van der Waals surface area (Å²) in [6, 6.07) is 8.41. The molecule has 2 aliphatic rings. The maximum absolute atomic E-state index is 12.9. The van der Waals surface area contributed by atoms with Gasteiger partial charge in [-0.25, -0.2) is 9.78 Å². The largest absolute Gasteiger partial charge is 0.497 e. The molecule has 2 aromatic rings. The molecule has 0 N–H and O–H groups in total. The van der Waals surface area contributed by atoms with Crippen LogP contribution in [0.2, 0.25) is 0 Å². The van der Waals surface area contributed by atoms with Gasteiger partial charge in [0.05, 0.1) is 25.4 Å². The number of likely N-dealkylation sites (tertiary alicyclic amines) is 2. The molecular weight excluding hydrogens is 384 g/mol. The summed E-state index contributed by atoms with van der Waals surface area (Å²) in [5.41, 5.74) is 2.33. The van der Waals surface area contributed by atoms with E-state index in [1.165, 1.54) is 15.4 Å². The first-order valence-corrected chi connectivity index (χ1v) is 11.0. The summed E-state index contributed by atoms with van der Waals surface area (Å²) in [6.45, 7) is 7.95. The molecule has 3 atom stereocenters. The third-order valence-corrected chi connectivity index (χ3v) is 7.31. The van der Waals surface area contributed by atoms with Crippen molar-refractivity contribution in [3.8, 4) is 5.75 Å². The standard InChI is InChI=1S/C22H30N4O2S/c1-14-15(2)29-20(23-14)13-25-10-17-11-26(22(27)24(3)4)21(19(17)12-25)16-6-8-18(28-5)9-7-16/h6-9,17,19,21H,10-13H2,1-5H3/t17-,19-,21+/m1/s1. The first kappa shape index (κ1) is 20.2. The molecule has 0 radical (unpaired) electrons. The van der Waals surface area contributed by atoms with E-state index in [0.29, 0.717) is 11.8 Å². The minimum absolute atomic E-state index is 0.0953. The number of ether oxygens (including phenoxy) is 1. The molecule has 0 spiro atoms. The van der Waals surface area contributed by atoms with Crippen LogP contribution in [0.5, 0.6) is 5.75 Å². The van der Waals surface area contributed by atoms with Crippen molar-refractivity contribution in [2.75, 3.05) is 40.8 Å². The average molecular weight is 415 g/mol. The Balaban J connectivity index is 1.56. The number of aromatic nitrogens is 1. The number of hydrogen-bond acceptors (Lipinski definition) is 5. The van der Waals surface area contributed by atoms with Crippen molar-refractivity contribution in [2.45, 2.75) is 26.4 Å². The molecule has 29 heavy (non-hydrogen) atoms. The van der Waals surface area contributed by atoms with Crippen LogP contribution in [0.1, 0.15) is 27.2 Å². The number of fused-ring (bicyclic) bond motifs is 1. The summed E-state index contributed by atoms with van der Waals surface area (Å²) < 4.78 is 5.32. The molecule has 1 aromatic heterocycles. The summed E-state index contributed by atoms with van der Waals surface area (Å²) in [6.07, 6.45) is 0. The number of methoxy groups -OCH3 is 1. The number of thiazole rings is 1. The van der Waals surface area contributed by atoms with Gasteiger partial charge in [-0.3, -0.25) is 4.90 Å². The molecule has 6 nitrogen and oxygen atoms in total. The zero-order chi connectivity index (χ0) is 20.7.